The van der Waals surface area contributed by atoms with Crippen molar-refractivity contribution in [3.05, 3.63) is 63.4 Å². The topological polar surface area (TPSA) is 88.8 Å². The van der Waals surface area contributed by atoms with Gasteiger partial charge in [-0.25, -0.2) is 19.7 Å². The van der Waals surface area contributed by atoms with Crippen LogP contribution in [0.5, 0.6) is 0 Å². The fourth-order valence-electron chi connectivity index (χ4n) is 3.76. The molecule has 1 aromatic carbocycles. The summed E-state index contributed by atoms with van der Waals surface area (Å²) in [7, 11) is 0. The smallest absolute Gasteiger partial charge is 0.266 e. The minimum atomic E-state index is -0.271. The van der Waals surface area contributed by atoms with Gasteiger partial charge in [0.1, 0.15) is 14.5 Å². The van der Waals surface area contributed by atoms with Crippen LogP contribution < -0.4 is 5.56 Å². The lowest BCUT2D eigenvalue weighted by Crippen LogP contribution is -2.08. The maximum Gasteiger partial charge on any atom is 0.291 e. The Morgan fingerprint density at radius 3 is 2.73 bits per heavy atom. The molecular weight excluding hydrogens is 416 g/mol. The van der Waals surface area contributed by atoms with Gasteiger partial charge in [-0.2, -0.15) is 10.1 Å². The average molecular weight is 431 g/mol. The third-order valence-electron chi connectivity index (χ3n) is 5.05. The first-order chi connectivity index (χ1) is 14.6. The molecular formula is C21H14N6OS2. The maximum absolute atomic E-state index is 12.9. The van der Waals surface area contributed by atoms with E-state index in [-0.39, 0.29) is 5.56 Å². The minimum absolute atomic E-state index is 0.271. The number of hydrogen-bond acceptors (Lipinski definition) is 7. The van der Waals surface area contributed by atoms with Crippen LogP contribution in [0, 0.1) is 13.8 Å². The van der Waals surface area contributed by atoms with Crippen LogP contribution in [0.3, 0.4) is 0 Å². The summed E-state index contributed by atoms with van der Waals surface area (Å²) in [6.45, 7) is 3.99. The van der Waals surface area contributed by atoms with Crippen molar-refractivity contribution < 1.29 is 0 Å². The third-order valence-corrected chi connectivity index (χ3v) is 6.96. The van der Waals surface area contributed by atoms with Crippen LogP contribution in [0.2, 0.25) is 0 Å². The van der Waals surface area contributed by atoms with Gasteiger partial charge in [0, 0.05) is 22.0 Å². The van der Waals surface area contributed by atoms with E-state index in [1.165, 1.54) is 22.7 Å². The second kappa shape index (κ2) is 6.28. The van der Waals surface area contributed by atoms with Crippen LogP contribution in [0.15, 0.2) is 46.6 Å². The molecule has 6 rings (SSSR count). The molecule has 30 heavy (non-hydrogen) atoms. The van der Waals surface area contributed by atoms with Gasteiger partial charge in [-0.15, -0.1) is 22.7 Å². The first-order valence-electron chi connectivity index (χ1n) is 9.29. The Hall–Kier alpha value is -3.43. The SMILES string of the molecule is Cc1cc(C)c2c(n1)sc1c(=O)nc3c(-c4nc(-c5ccccc5)cs4)n[nH]n3c12. The summed E-state index contributed by atoms with van der Waals surface area (Å²) in [5, 5.41) is 11.2. The fourth-order valence-corrected chi connectivity index (χ4v) is 5.74. The monoisotopic (exact) mass is 430 g/mol. The van der Waals surface area contributed by atoms with Gasteiger partial charge in [0.25, 0.3) is 5.56 Å². The zero-order chi connectivity index (χ0) is 20.4. The van der Waals surface area contributed by atoms with Crippen LogP contribution in [0.25, 0.3) is 48.0 Å². The molecule has 0 unspecified atom stereocenters. The summed E-state index contributed by atoms with van der Waals surface area (Å²) in [5.74, 6) is 0. The van der Waals surface area contributed by atoms with Crippen molar-refractivity contribution >= 4 is 48.8 Å². The van der Waals surface area contributed by atoms with E-state index in [2.05, 4.69) is 20.3 Å². The summed E-state index contributed by atoms with van der Waals surface area (Å²) >= 11 is 2.85. The molecule has 0 aliphatic heterocycles. The number of rotatable bonds is 2. The lowest BCUT2D eigenvalue weighted by molar-refractivity contribution is 0.877. The molecule has 6 aromatic rings. The Bertz CT molecular complexity index is 1640. The van der Waals surface area contributed by atoms with Crippen molar-refractivity contribution in [1.82, 2.24) is 29.8 Å². The van der Waals surface area contributed by atoms with Gasteiger partial charge < -0.3 is 0 Å². The number of nitrogens with one attached hydrogen (secondary N) is 1. The molecule has 0 bridgehead atoms. The van der Waals surface area contributed by atoms with E-state index in [1.807, 2.05) is 55.6 Å². The molecule has 0 aliphatic rings. The van der Waals surface area contributed by atoms with Gasteiger partial charge in [-0.1, -0.05) is 30.3 Å². The van der Waals surface area contributed by atoms with E-state index in [9.17, 15) is 4.79 Å². The molecule has 0 radical (unpaired) electrons. The number of aromatic amines is 1. The number of nitrogens with zero attached hydrogens (tertiary/aromatic N) is 5. The molecule has 1 N–H and O–H groups in total. The lowest BCUT2D eigenvalue weighted by Gasteiger charge is -2.00. The van der Waals surface area contributed by atoms with Crippen LogP contribution in [0.4, 0.5) is 0 Å². The van der Waals surface area contributed by atoms with Crippen molar-refractivity contribution in [3.63, 3.8) is 0 Å². The number of thiazole rings is 1. The zero-order valence-electron chi connectivity index (χ0n) is 16.0. The number of aromatic nitrogens is 6. The number of pyridine rings is 1. The molecule has 0 aliphatic carbocycles. The number of aryl methyl sites for hydroxylation is 2. The van der Waals surface area contributed by atoms with Gasteiger partial charge in [0.2, 0.25) is 0 Å². The highest BCUT2D eigenvalue weighted by atomic mass is 32.1. The normalized spacial score (nSPS) is 11.8. The predicted octanol–water partition coefficient (Wildman–Crippen LogP) is 4.59. The first kappa shape index (κ1) is 17.4. The second-order valence-corrected chi connectivity index (χ2v) is 8.94. The molecule has 0 fully saturated rings. The number of benzene rings is 1. The van der Waals surface area contributed by atoms with Crippen LogP contribution in [-0.2, 0) is 0 Å². The minimum Gasteiger partial charge on any atom is -0.266 e. The molecule has 9 heteroatoms. The molecule has 0 atom stereocenters. The summed E-state index contributed by atoms with van der Waals surface area (Å²) in [4.78, 5) is 27.4. The Kier molecular flexibility index (Phi) is 3.65. The molecule has 146 valence electrons. The van der Waals surface area contributed by atoms with Gasteiger partial charge in [-0.3, -0.25) is 4.79 Å². The number of thiophene rings is 1. The van der Waals surface area contributed by atoms with Crippen molar-refractivity contribution in [2.45, 2.75) is 13.8 Å². The Balaban J connectivity index is 1.63. The predicted molar refractivity (Wildman–Crippen MR) is 120 cm³/mol. The second-order valence-electron chi connectivity index (χ2n) is 7.08. The standard InChI is InChI=1S/C21H14N6OS2/c1-10-8-11(2)22-20-14(10)16-17(30-20)19(28)24-18-15(25-26-27(16)18)21-23-13(9-29-21)12-6-4-3-5-7-12/h3-9,26H,1-2H3. The van der Waals surface area contributed by atoms with Gasteiger partial charge in [0.15, 0.2) is 11.3 Å². The average Bonchev–Trinajstić information content (AvgIpc) is 3.44. The quantitative estimate of drug-likeness (QED) is 0.434. The Morgan fingerprint density at radius 1 is 1.07 bits per heavy atom. The van der Waals surface area contributed by atoms with E-state index in [0.717, 1.165) is 38.2 Å². The Labute approximate surface area is 177 Å². The fraction of sp³-hybridized carbons (Fsp3) is 0.0952. The van der Waals surface area contributed by atoms with Gasteiger partial charge >= 0.3 is 0 Å². The van der Waals surface area contributed by atoms with Crippen LogP contribution in [0.1, 0.15) is 11.3 Å². The number of H-pyrrole nitrogens is 1. The number of fused-ring (bicyclic) bond motifs is 5. The Morgan fingerprint density at radius 2 is 1.90 bits per heavy atom. The number of hydrogen-bond donors (Lipinski definition) is 1. The highest BCUT2D eigenvalue weighted by Crippen LogP contribution is 2.35. The highest BCUT2D eigenvalue weighted by Gasteiger charge is 2.21. The van der Waals surface area contributed by atoms with Gasteiger partial charge in [0.05, 0.1) is 11.2 Å². The molecule has 0 amide bonds. The van der Waals surface area contributed by atoms with Crippen molar-refractivity contribution in [2.24, 2.45) is 0 Å². The van der Waals surface area contributed by atoms with Crippen LogP contribution >= 0.6 is 22.7 Å². The summed E-state index contributed by atoms with van der Waals surface area (Å²) in [5.41, 5.74) is 5.44. The summed E-state index contributed by atoms with van der Waals surface area (Å²) in [6.07, 6.45) is 0. The van der Waals surface area contributed by atoms with Crippen molar-refractivity contribution in [3.8, 4) is 22.0 Å². The maximum atomic E-state index is 12.9. The summed E-state index contributed by atoms with van der Waals surface area (Å²) in [6, 6.07) is 12.0. The highest BCUT2D eigenvalue weighted by molar-refractivity contribution is 7.25. The molecule has 7 nitrogen and oxygen atoms in total. The molecule has 5 heterocycles. The van der Waals surface area contributed by atoms with Crippen molar-refractivity contribution in [1.29, 1.82) is 0 Å². The lowest BCUT2D eigenvalue weighted by atomic mass is 10.1. The van der Waals surface area contributed by atoms with Crippen LogP contribution in [-0.4, -0.2) is 29.8 Å². The first-order valence-corrected chi connectivity index (χ1v) is 11.0. The van der Waals surface area contributed by atoms with E-state index in [1.54, 1.807) is 4.52 Å². The van der Waals surface area contributed by atoms with E-state index in [4.69, 9.17) is 4.98 Å². The van der Waals surface area contributed by atoms with E-state index < -0.39 is 0 Å². The molecule has 5 aromatic heterocycles. The van der Waals surface area contributed by atoms with E-state index in [0.29, 0.717) is 21.0 Å². The largest absolute Gasteiger partial charge is 0.291 e. The third kappa shape index (κ3) is 2.45. The van der Waals surface area contributed by atoms with Gasteiger partial charge in [-0.05, 0) is 25.5 Å². The summed E-state index contributed by atoms with van der Waals surface area (Å²) < 4.78 is 2.35. The molecule has 0 saturated carbocycles. The molecule has 0 spiro atoms. The zero-order valence-corrected chi connectivity index (χ0v) is 17.6. The molecule has 0 saturated heterocycles. The van der Waals surface area contributed by atoms with Crippen molar-refractivity contribution in [2.75, 3.05) is 0 Å². The van der Waals surface area contributed by atoms with E-state index >= 15 is 0 Å².